The van der Waals surface area contributed by atoms with E-state index in [9.17, 15) is 4.79 Å². The lowest BCUT2D eigenvalue weighted by Crippen LogP contribution is -2.50. The number of nitrogens with two attached hydrogens (primary N) is 1. The lowest BCUT2D eigenvalue weighted by molar-refractivity contribution is -0.00784. The number of aromatic amines is 1. The van der Waals surface area contributed by atoms with Crippen molar-refractivity contribution in [3.05, 3.63) is 27.4 Å². The van der Waals surface area contributed by atoms with Crippen LogP contribution in [0.4, 0.5) is 0 Å². The van der Waals surface area contributed by atoms with E-state index in [-0.39, 0.29) is 11.1 Å². The molecule has 3 N–H and O–H groups in total. The van der Waals surface area contributed by atoms with Crippen LogP contribution in [0.5, 0.6) is 0 Å². The molecule has 4 aliphatic rings. The Hall–Kier alpha value is -1.16. The summed E-state index contributed by atoms with van der Waals surface area (Å²) < 4.78 is 0. The third-order valence-corrected chi connectivity index (χ3v) is 5.99. The molecule has 108 valence electrons. The second kappa shape index (κ2) is 4.17. The van der Waals surface area contributed by atoms with Gasteiger partial charge in [0.25, 0.3) is 0 Å². The van der Waals surface area contributed by atoms with Crippen molar-refractivity contribution in [1.82, 2.24) is 9.97 Å². The molecule has 4 aliphatic carbocycles. The number of hydrogen-bond donors (Lipinski definition) is 2. The van der Waals surface area contributed by atoms with Crippen LogP contribution in [0.1, 0.15) is 55.5 Å². The second-order valence-electron chi connectivity index (χ2n) is 7.40. The van der Waals surface area contributed by atoms with Crippen LogP contribution in [-0.4, -0.2) is 9.97 Å². The average molecular weight is 273 g/mol. The van der Waals surface area contributed by atoms with Crippen molar-refractivity contribution in [3.8, 4) is 0 Å². The van der Waals surface area contributed by atoms with Gasteiger partial charge in [-0.3, -0.25) is 0 Å². The summed E-state index contributed by atoms with van der Waals surface area (Å²) in [5.41, 5.74) is 8.96. The Morgan fingerprint density at radius 2 is 1.75 bits per heavy atom. The number of nitrogens with one attached hydrogen (secondary N) is 1. The van der Waals surface area contributed by atoms with E-state index in [2.05, 4.69) is 9.97 Å². The summed E-state index contributed by atoms with van der Waals surface area (Å²) in [6.45, 7) is 2.43. The Morgan fingerprint density at radius 1 is 1.20 bits per heavy atom. The van der Waals surface area contributed by atoms with Crippen LogP contribution >= 0.6 is 0 Å². The zero-order valence-electron chi connectivity index (χ0n) is 12.1. The van der Waals surface area contributed by atoms with Gasteiger partial charge in [0.15, 0.2) is 0 Å². The van der Waals surface area contributed by atoms with Crippen molar-refractivity contribution < 1.29 is 0 Å². The zero-order valence-corrected chi connectivity index (χ0v) is 12.1. The van der Waals surface area contributed by atoms with Crippen molar-refractivity contribution in [2.45, 2.75) is 57.4 Å². The Kier molecular flexibility index (Phi) is 2.62. The van der Waals surface area contributed by atoms with E-state index in [1.807, 2.05) is 6.92 Å². The van der Waals surface area contributed by atoms with Gasteiger partial charge in [-0.15, -0.1) is 0 Å². The quantitative estimate of drug-likeness (QED) is 0.865. The molecule has 1 aromatic heterocycles. The maximum atomic E-state index is 11.9. The summed E-state index contributed by atoms with van der Waals surface area (Å²) in [7, 11) is 0. The fourth-order valence-electron chi connectivity index (χ4n) is 5.70. The molecule has 4 bridgehead atoms. The molecule has 0 aliphatic heterocycles. The minimum Gasteiger partial charge on any atom is -0.326 e. The molecule has 1 aromatic rings. The van der Waals surface area contributed by atoms with Gasteiger partial charge in [0.1, 0.15) is 0 Å². The first-order valence-electron chi connectivity index (χ1n) is 7.90. The van der Waals surface area contributed by atoms with Crippen LogP contribution in [0.2, 0.25) is 0 Å². The van der Waals surface area contributed by atoms with E-state index in [0.717, 1.165) is 34.7 Å². The van der Waals surface area contributed by atoms with Crippen LogP contribution < -0.4 is 11.4 Å². The SMILES string of the molecule is Cc1[nH]c(=O)nc(C23CC4CC(CC(C4)C2)C3)c1CN. The summed E-state index contributed by atoms with van der Waals surface area (Å²) in [6, 6.07) is 0. The van der Waals surface area contributed by atoms with Gasteiger partial charge < -0.3 is 10.7 Å². The molecule has 0 atom stereocenters. The van der Waals surface area contributed by atoms with Gasteiger partial charge in [-0.25, -0.2) is 4.79 Å². The fraction of sp³-hybridized carbons (Fsp3) is 0.750. The number of H-pyrrole nitrogens is 1. The predicted molar refractivity (Wildman–Crippen MR) is 77.3 cm³/mol. The van der Waals surface area contributed by atoms with Crippen molar-refractivity contribution >= 4 is 0 Å². The summed E-state index contributed by atoms with van der Waals surface area (Å²) in [5.74, 6) is 2.56. The average Bonchev–Trinajstić information content (AvgIpc) is 2.36. The molecule has 0 saturated heterocycles. The minimum atomic E-state index is -0.203. The number of hydrogen-bond acceptors (Lipinski definition) is 3. The Balaban J connectivity index is 1.86. The third kappa shape index (κ3) is 1.70. The molecule has 0 aromatic carbocycles. The van der Waals surface area contributed by atoms with Gasteiger partial charge in [-0.05, 0) is 63.2 Å². The second-order valence-corrected chi connectivity index (χ2v) is 7.40. The molecule has 4 heteroatoms. The first-order chi connectivity index (χ1) is 9.59. The standard InChI is InChI=1S/C16H23N3O/c1-9-13(8-17)14(19-15(20)18-9)16-5-10-2-11(6-16)4-12(3-10)7-16/h10-12H,2-8,17H2,1H3,(H,18,19,20). The number of aromatic nitrogens is 2. The van der Waals surface area contributed by atoms with Crippen molar-refractivity contribution in [3.63, 3.8) is 0 Å². The Bertz CT molecular complexity index is 569. The van der Waals surface area contributed by atoms with Gasteiger partial charge in [0.05, 0.1) is 5.69 Å². The smallest absolute Gasteiger partial charge is 0.326 e. The maximum absolute atomic E-state index is 11.9. The largest absolute Gasteiger partial charge is 0.345 e. The van der Waals surface area contributed by atoms with Crippen LogP contribution in [-0.2, 0) is 12.0 Å². The molecule has 4 saturated carbocycles. The van der Waals surface area contributed by atoms with Gasteiger partial charge in [0, 0.05) is 23.2 Å². The zero-order chi connectivity index (χ0) is 13.9. The van der Waals surface area contributed by atoms with Gasteiger partial charge >= 0.3 is 5.69 Å². The summed E-state index contributed by atoms with van der Waals surface area (Å²) >= 11 is 0. The number of rotatable bonds is 2. The summed E-state index contributed by atoms with van der Waals surface area (Å²) in [4.78, 5) is 19.1. The van der Waals surface area contributed by atoms with Crippen LogP contribution in [0.3, 0.4) is 0 Å². The van der Waals surface area contributed by atoms with Gasteiger partial charge in [-0.1, -0.05) is 0 Å². The molecule has 0 spiro atoms. The molecular formula is C16H23N3O. The third-order valence-electron chi connectivity index (χ3n) is 5.99. The molecule has 0 amide bonds. The Labute approximate surface area is 119 Å². The molecular weight excluding hydrogens is 250 g/mol. The van der Waals surface area contributed by atoms with E-state index in [0.29, 0.717) is 6.54 Å². The van der Waals surface area contributed by atoms with Crippen LogP contribution in [0.15, 0.2) is 4.79 Å². The first kappa shape index (κ1) is 12.6. The summed E-state index contributed by atoms with van der Waals surface area (Å²) in [6.07, 6.45) is 7.88. The summed E-state index contributed by atoms with van der Waals surface area (Å²) in [5, 5.41) is 0. The number of nitrogens with zero attached hydrogens (tertiary/aromatic N) is 1. The van der Waals surface area contributed by atoms with Crippen molar-refractivity contribution in [2.75, 3.05) is 0 Å². The highest BCUT2D eigenvalue weighted by atomic mass is 16.1. The first-order valence-corrected chi connectivity index (χ1v) is 7.90. The van der Waals surface area contributed by atoms with E-state index in [4.69, 9.17) is 5.73 Å². The van der Waals surface area contributed by atoms with Gasteiger partial charge in [-0.2, -0.15) is 4.98 Å². The Morgan fingerprint density at radius 3 is 2.25 bits per heavy atom. The molecule has 4 nitrogen and oxygen atoms in total. The highest BCUT2D eigenvalue weighted by Crippen LogP contribution is 2.60. The topological polar surface area (TPSA) is 71.8 Å². The molecule has 4 fully saturated rings. The number of aryl methyl sites for hydroxylation is 1. The molecule has 0 unspecified atom stereocenters. The highest BCUT2D eigenvalue weighted by molar-refractivity contribution is 5.33. The van der Waals surface area contributed by atoms with Gasteiger partial charge in [0.2, 0.25) is 0 Å². The predicted octanol–water partition coefficient (Wildman–Crippen LogP) is 2.00. The lowest BCUT2D eigenvalue weighted by Gasteiger charge is -2.56. The van der Waals surface area contributed by atoms with E-state index < -0.39 is 0 Å². The molecule has 5 rings (SSSR count). The maximum Gasteiger partial charge on any atom is 0.345 e. The highest BCUT2D eigenvalue weighted by Gasteiger charge is 2.53. The molecule has 20 heavy (non-hydrogen) atoms. The van der Waals surface area contributed by atoms with E-state index in [1.54, 1.807) is 0 Å². The lowest BCUT2D eigenvalue weighted by atomic mass is 9.48. The fourth-order valence-corrected chi connectivity index (χ4v) is 5.70. The van der Waals surface area contributed by atoms with E-state index >= 15 is 0 Å². The minimum absolute atomic E-state index is 0.155. The van der Waals surface area contributed by atoms with Crippen molar-refractivity contribution in [1.29, 1.82) is 0 Å². The van der Waals surface area contributed by atoms with Crippen LogP contribution in [0, 0.1) is 24.7 Å². The van der Waals surface area contributed by atoms with E-state index in [1.165, 1.54) is 38.5 Å². The molecule has 1 heterocycles. The van der Waals surface area contributed by atoms with Crippen LogP contribution in [0.25, 0.3) is 0 Å². The normalized spacial score (nSPS) is 38.4. The molecule has 0 radical (unpaired) electrons. The van der Waals surface area contributed by atoms with Crippen molar-refractivity contribution in [2.24, 2.45) is 23.5 Å². The monoisotopic (exact) mass is 273 g/mol.